The van der Waals surface area contributed by atoms with Crippen molar-refractivity contribution in [1.82, 2.24) is 15.5 Å². The summed E-state index contributed by atoms with van der Waals surface area (Å²) in [5, 5.41) is 13.3. The van der Waals surface area contributed by atoms with Gasteiger partial charge >= 0.3 is 0 Å². The SMILES string of the molecule is O=C(NCc1n[nH]c2c1CCCCC2)c1cccc(NC(=O)[C@@H]2CCCO2)c1. The molecule has 1 saturated heterocycles. The maximum atomic E-state index is 12.6. The summed E-state index contributed by atoms with van der Waals surface area (Å²) in [4.78, 5) is 24.8. The van der Waals surface area contributed by atoms with E-state index in [1.54, 1.807) is 24.3 Å². The molecule has 1 aliphatic carbocycles. The first-order chi connectivity index (χ1) is 13.7. The van der Waals surface area contributed by atoms with Crippen LogP contribution in [0.2, 0.25) is 0 Å². The van der Waals surface area contributed by atoms with Crippen molar-refractivity contribution in [3.05, 3.63) is 46.8 Å². The Hall–Kier alpha value is -2.67. The van der Waals surface area contributed by atoms with E-state index in [4.69, 9.17) is 4.74 Å². The van der Waals surface area contributed by atoms with E-state index in [0.29, 0.717) is 24.4 Å². The number of nitrogens with one attached hydrogen (secondary N) is 3. The van der Waals surface area contributed by atoms with Crippen molar-refractivity contribution in [2.75, 3.05) is 11.9 Å². The number of ether oxygens (including phenoxy) is 1. The summed E-state index contributed by atoms with van der Waals surface area (Å²) in [5.41, 5.74) is 4.50. The van der Waals surface area contributed by atoms with E-state index in [1.165, 1.54) is 30.5 Å². The van der Waals surface area contributed by atoms with Gasteiger partial charge in [0.2, 0.25) is 0 Å². The summed E-state index contributed by atoms with van der Waals surface area (Å²) < 4.78 is 5.40. The van der Waals surface area contributed by atoms with Crippen molar-refractivity contribution in [3.8, 4) is 0 Å². The van der Waals surface area contributed by atoms with E-state index in [1.807, 2.05) is 0 Å². The number of carbonyl (C=O) groups excluding carboxylic acids is 2. The molecule has 0 bridgehead atoms. The van der Waals surface area contributed by atoms with Crippen molar-refractivity contribution >= 4 is 17.5 Å². The fraction of sp³-hybridized carbons (Fsp3) is 0.476. The highest BCUT2D eigenvalue weighted by Crippen LogP contribution is 2.22. The van der Waals surface area contributed by atoms with Gasteiger partial charge in [-0.3, -0.25) is 14.7 Å². The van der Waals surface area contributed by atoms with Crippen LogP contribution in [0.3, 0.4) is 0 Å². The van der Waals surface area contributed by atoms with Crippen molar-refractivity contribution in [2.45, 2.75) is 57.6 Å². The van der Waals surface area contributed by atoms with Crippen LogP contribution in [-0.2, 0) is 28.9 Å². The van der Waals surface area contributed by atoms with Crippen LogP contribution in [0.25, 0.3) is 0 Å². The maximum absolute atomic E-state index is 12.6. The minimum absolute atomic E-state index is 0.158. The lowest BCUT2D eigenvalue weighted by molar-refractivity contribution is -0.124. The molecule has 0 unspecified atom stereocenters. The molecule has 1 aromatic heterocycles. The van der Waals surface area contributed by atoms with Crippen LogP contribution in [0, 0.1) is 0 Å². The summed E-state index contributed by atoms with van der Waals surface area (Å²) in [6.07, 6.45) is 6.87. The van der Waals surface area contributed by atoms with Crippen LogP contribution in [-0.4, -0.2) is 34.7 Å². The highest BCUT2D eigenvalue weighted by molar-refractivity contribution is 5.98. The third-order valence-electron chi connectivity index (χ3n) is 5.42. The number of amides is 2. The summed E-state index contributed by atoms with van der Waals surface area (Å²) in [5.74, 6) is -0.340. The molecule has 0 radical (unpaired) electrons. The summed E-state index contributed by atoms with van der Waals surface area (Å²) >= 11 is 0. The van der Waals surface area contributed by atoms with Gasteiger partial charge in [-0.1, -0.05) is 12.5 Å². The molecular formula is C21H26N4O3. The average Bonchev–Trinajstić information content (AvgIpc) is 3.32. The fourth-order valence-electron chi connectivity index (χ4n) is 3.88. The first-order valence-electron chi connectivity index (χ1n) is 10.1. The Morgan fingerprint density at radius 1 is 1.18 bits per heavy atom. The van der Waals surface area contributed by atoms with E-state index in [-0.39, 0.29) is 11.8 Å². The zero-order chi connectivity index (χ0) is 19.3. The van der Waals surface area contributed by atoms with E-state index < -0.39 is 6.10 Å². The fourth-order valence-corrected chi connectivity index (χ4v) is 3.88. The molecule has 28 heavy (non-hydrogen) atoms. The number of fused-ring (bicyclic) bond motifs is 1. The molecule has 0 saturated carbocycles. The molecule has 148 valence electrons. The Balaban J connectivity index is 1.37. The van der Waals surface area contributed by atoms with Gasteiger partial charge in [-0.2, -0.15) is 5.10 Å². The van der Waals surface area contributed by atoms with Crippen molar-refractivity contribution in [2.24, 2.45) is 0 Å². The molecule has 1 atom stereocenters. The Morgan fingerprint density at radius 2 is 2.07 bits per heavy atom. The number of aromatic nitrogens is 2. The Labute approximate surface area is 164 Å². The summed E-state index contributed by atoms with van der Waals surface area (Å²) in [6, 6.07) is 6.97. The first kappa shape index (κ1) is 18.7. The van der Waals surface area contributed by atoms with Gasteiger partial charge in [0, 0.05) is 23.6 Å². The van der Waals surface area contributed by atoms with Crippen molar-refractivity contribution in [1.29, 1.82) is 0 Å². The summed E-state index contributed by atoms with van der Waals surface area (Å²) in [7, 11) is 0. The molecule has 1 fully saturated rings. The predicted octanol–water partition coefficient (Wildman–Crippen LogP) is 2.73. The number of H-pyrrole nitrogens is 1. The van der Waals surface area contributed by atoms with Gasteiger partial charge in [0.1, 0.15) is 6.10 Å². The average molecular weight is 382 g/mol. The van der Waals surface area contributed by atoms with Crippen LogP contribution in [0.15, 0.2) is 24.3 Å². The van der Waals surface area contributed by atoms with Gasteiger partial charge in [-0.25, -0.2) is 0 Å². The van der Waals surface area contributed by atoms with Crippen LogP contribution in [0.1, 0.15) is 59.4 Å². The molecule has 7 heteroatoms. The Kier molecular flexibility index (Phi) is 5.71. The lowest BCUT2D eigenvalue weighted by Crippen LogP contribution is -2.27. The molecular weight excluding hydrogens is 356 g/mol. The van der Waals surface area contributed by atoms with Crippen LogP contribution < -0.4 is 10.6 Å². The molecule has 4 rings (SSSR count). The van der Waals surface area contributed by atoms with Crippen molar-refractivity contribution in [3.63, 3.8) is 0 Å². The van der Waals surface area contributed by atoms with E-state index >= 15 is 0 Å². The second-order valence-electron chi connectivity index (χ2n) is 7.44. The van der Waals surface area contributed by atoms with Gasteiger partial charge < -0.3 is 15.4 Å². The highest BCUT2D eigenvalue weighted by Gasteiger charge is 2.23. The van der Waals surface area contributed by atoms with Crippen LogP contribution >= 0.6 is 0 Å². The zero-order valence-corrected chi connectivity index (χ0v) is 15.9. The molecule has 2 amide bonds. The number of rotatable bonds is 5. The van der Waals surface area contributed by atoms with Gasteiger partial charge in [0.05, 0.1) is 12.2 Å². The first-order valence-corrected chi connectivity index (χ1v) is 10.1. The minimum Gasteiger partial charge on any atom is -0.368 e. The van der Waals surface area contributed by atoms with Crippen LogP contribution in [0.5, 0.6) is 0 Å². The lowest BCUT2D eigenvalue weighted by atomic mass is 10.1. The number of nitrogens with zero attached hydrogens (tertiary/aromatic N) is 1. The molecule has 7 nitrogen and oxygen atoms in total. The number of aromatic amines is 1. The number of aryl methyl sites for hydroxylation is 1. The smallest absolute Gasteiger partial charge is 0.253 e. The topological polar surface area (TPSA) is 96.1 Å². The highest BCUT2D eigenvalue weighted by atomic mass is 16.5. The standard InChI is InChI=1S/C21H26N4O3/c26-20(22-13-18-16-8-2-1-3-9-17(16)24-25-18)14-6-4-7-15(12-14)23-21(27)19-10-5-11-28-19/h4,6-7,12,19H,1-3,5,8-11,13H2,(H,22,26)(H,23,27)(H,24,25)/t19-/m0/s1. The van der Waals surface area contributed by atoms with E-state index in [2.05, 4.69) is 20.8 Å². The zero-order valence-electron chi connectivity index (χ0n) is 15.9. The largest absolute Gasteiger partial charge is 0.368 e. The van der Waals surface area contributed by atoms with Gasteiger partial charge in [-0.15, -0.1) is 0 Å². The number of hydrogen-bond acceptors (Lipinski definition) is 4. The second-order valence-corrected chi connectivity index (χ2v) is 7.44. The molecule has 1 aromatic carbocycles. The van der Waals surface area contributed by atoms with E-state index in [9.17, 15) is 9.59 Å². The Morgan fingerprint density at radius 3 is 2.93 bits per heavy atom. The number of hydrogen-bond donors (Lipinski definition) is 3. The number of carbonyl (C=O) groups is 2. The predicted molar refractivity (Wildman–Crippen MR) is 105 cm³/mol. The van der Waals surface area contributed by atoms with E-state index in [0.717, 1.165) is 31.4 Å². The molecule has 2 aromatic rings. The quantitative estimate of drug-likeness (QED) is 0.693. The van der Waals surface area contributed by atoms with Crippen molar-refractivity contribution < 1.29 is 14.3 Å². The maximum Gasteiger partial charge on any atom is 0.253 e. The molecule has 3 N–H and O–H groups in total. The third-order valence-corrected chi connectivity index (χ3v) is 5.42. The molecule has 2 aliphatic rings. The molecule has 2 heterocycles. The van der Waals surface area contributed by atoms with Gasteiger partial charge in [-0.05, 0) is 62.3 Å². The monoisotopic (exact) mass is 382 g/mol. The van der Waals surface area contributed by atoms with Crippen LogP contribution in [0.4, 0.5) is 5.69 Å². The second kappa shape index (κ2) is 8.56. The molecule has 1 aliphatic heterocycles. The number of benzene rings is 1. The summed E-state index contributed by atoms with van der Waals surface area (Å²) in [6.45, 7) is 1.02. The minimum atomic E-state index is -0.396. The normalized spacial score (nSPS) is 18.9. The molecule has 0 spiro atoms. The van der Waals surface area contributed by atoms with Gasteiger partial charge in [0.25, 0.3) is 11.8 Å². The Bertz CT molecular complexity index is 855. The number of anilines is 1. The van der Waals surface area contributed by atoms with Gasteiger partial charge in [0.15, 0.2) is 0 Å². The lowest BCUT2D eigenvalue weighted by Gasteiger charge is -2.11. The third kappa shape index (κ3) is 4.25.